The monoisotopic (exact) mass is 382 g/mol. The van der Waals surface area contributed by atoms with Crippen LogP contribution in [0.25, 0.3) is 11.3 Å². The standard InChI is InChI=1S/C22H23FN2OS/c1-14-5-7-18(8-6-14)22-20(27-16(3)24-22)13-21(26)25(4)15(2)17-9-11-19(23)12-10-17/h5-12,15H,13H2,1-4H3. The van der Waals surface area contributed by atoms with Gasteiger partial charge in [0.15, 0.2) is 0 Å². The molecular formula is C22H23FN2OS. The van der Waals surface area contributed by atoms with Gasteiger partial charge >= 0.3 is 0 Å². The van der Waals surface area contributed by atoms with E-state index in [0.717, 1.165) is 26.7 Å². The van der Waals surface area contributed by atoms with Crippen molar-refractivity contribution in [2.75, 3.05) is 7.05 Å². The quantitative estimate of drug-likeness (QED) is 0.598. The van der Waals surface area contributed by atoms with Gasteiger partial charge in [0, 0.05) is 17.5 Å². The minimum absolute atomic E-state index is 0.0174. The Morgan fingerprint density at radius 2 is 1.74 bits per heavy atom. The van der Waals surface area contributed by atoms with Crippen LogP contribution >= 0.6 is 11.3 Å². The van der Waals surface area contributed by atoms with Crippen LogP contribution in [0.15, 0.2) is 48.5 Å². The molecule has 1 atom stereocenters. The molecule has 27 heavy (non-hydrogen) atoms. The fraction of sp³-hybridized carbons (Fsp3) is 0.273. The summed E-state index contributed by atoms with van der Waals surface area (Å²) in [5.74, 6) is -0.258. The Balaban J connectivity index is 1.79. The number of aromatic nitrogens is 1. The van der Waals surface area contributed by atoms with Gasteiger partial charge in [-0.2, -0.15) is 0 Å². The Kier molecular flexibility index (Phi) is 5.71. The minimum Gasteiger partial charge on any atom is -0.339 e. The fourth-order valence-electron chi connectivity index (χ4n) is 2.97. The average Bonchev–Trinajstić information content (AvgIpc) is 3.01. The van der Waals surface area contributed by atoms with Crippen LogP contribution in [0.4, 0.5) is 4.39 Å². The number of nitrogens with zero attached hydrogens (tertiary/aromatic N) is 2. The molecule has 3 aromatic rings. The molecule has 0 radical (unpaired) electrons. The molecule has 140 valence electrons. The van der Waals surface area contributed by atoms with Gasteiger partial charge in [0.05, 0.1) is 23.2 Å². The topological polar surface area (TPSA) is 33.2 Å². The first-order chi connectivity index (χ1) is 12.8. The number of aryl methyl sites for hydroxylation is 2. The van der Waals surface area contributed by atoms with Gasteiger partial charge in [-0.15, -0.1) is 11.3 Å². The van der Waals surface area contributed by atoms with Gasteiger partial charge in [-0.05, 0) is 38.5 Å². The van der Waals surface area contributed by atoms with E-state index in [0.29, 0.717) is 6.42 Å². The third-order valence-electron chi connectivity index (χ3n) is 4.77. The molecule has 0 aliphatic heterocycles. The number of benzene rings is 2. The molecular weight excluding hydrogens is 359 g/mol. The predicted molar refractivity (Wildman–Crippen MR) is 108 cm³/mol. The first-order valence-corrected chi connectivity index (χ1v) is 9.71. The second kappa shape index (κ2) is 8.01. The smallest absolute Gasteiger partial charge is 0.228 e. The van der Waals surface area contributed by atoms with Gasteiger partial charge in [-0.25, -0.2) is 9.37 Å². The first kappa shape index (κ1) is 19.2. The van der Waals surface area contributed by atoms with E-state index in [1.807, 2.05) is 32.9 Å². The molecule has 1 heterocycles. The zero-order chi connectivity index (χ0) is 19.6. The molecule has 0 saturated heterocycles. The molecule has 0 fully saturated rings. The zero-order valence-electron chi connectivity index (χ0n) is 16.0. The number of rotatable bonds is 5. The van der Waals surface area contributed by atoms with Crippen molar-refractivity contribution < 1.29 is 9.18 Å². The van der Waals surface area contributed by atoms with Gasteiger partial charge in [0.25, 0.3) is 0 Å². The lowest BCUT2D eigenvalue weighted by Crippen LogP contribution is -2.30. The number of halogens is 1. The predicted octanol–water partition coefficient (Wildman–Crippen LogP) is 5.33. The third kappa shape index (κ3) is 4.42. The van der Waals surface area contributed by atoms with Gasteiger partial charge in [0.2, 0.25) is 5.91 Å². The summed E-state index contributed by atoms with van der Waals surface area (Å²) in [7, 11) is 1.79. The molecule has 1 amide bonds. The summed E-state index contributed by atoms with van der Waals surface area (Å²) in [6.07, 6.45) is 0.302. The molecule has 3 rings (SSSR count). The lowest BCUT2D eigenvalue weighted by atomic mass is 10.1. The van der Waals surface area contributed by atoms with Crippen LogP contribution in [0, 0.1) is 19.7 Å². The van der Waals surface area contributed by atoms with Gasteiger partial charge in [-0.3, -0.25) is 4.79 Å². The Morgan fingerprint density at radius 1 is 1.11 bits per heavy atom. The van der Waals surface area contributed by atoms with Gasteiger partial charge in [0.1, 0.15) is 5.82 Å². The SMILES string of the molecule is Cc1ccc(-c2nc(C)sc2CC(=O)N(C)C(C)c2ccc(F)cc2)cc1. The maximum Gasteiger partial charge on any atom is 0.228 e. The van der Waals surface area contributed by atoms with E-state index in [2.05, 4.69) is 17.1 Å². The lowest BCUT2D eigenvalue weighted by molar-refractivity contribution is -0.131. The Morgan fingerprint density at radius 3 is 2.37 bits per heavy atom. The molecule has 0 saturated carbocycles. The van der Waals surface area contributed by atoms with Crippen LogP contribution in [0.3, 0.4) is 0 Å². The van der Waals surface area contributed by atoms with E-state index in [9.17, 15) is 9.18 Å². The number of likely N-dealkylation sites (N-methyl/N-ethyl adjacent to an activating group) is 1. The van der Waals surface area contributed by atoms with E-state index in [4.69, 9.17) is 0 Å². The molecule has 0 aliphatic carbocycles. The highest BCUT2D eigenvalue weighted by atomic mass is 32.1. The summed E-state index contributed by atoms with van der Waals surface area (Å²) in [4.78, 5) is 20.2. The van der Waals surface area contributed by atoms with Crippen molar-refractivity contribution in [1.29, 1.82) is 0 Å². The molecule has 0 N–H and O–H groups in total. The zero-order valence-corrected chi connectivity index (χ0v) is 16.8. The second-order valence-electron chi connectivity index (χ2n) is 6.78. The van der Waals surface area contributed by atoms with Crippen molar-refractivity contribution in [3.63, 3.8) is 0 Å². The van der Waals surface area contributed by atoms with Crippen molar-refractivity contribution >= 4 is 17.2 Å². The van der Waals surface area contributed by atoms with Crippen molar-refractivity contribution in [2.24, 2.45) is 0 Å². The number of hydrogen-bond donors (Lipinski definition) is 0. The van der Waals surface area contributed by atoms with Crippen molar-refractivity contribution in [3.8, 4) is 11.3 Å². The number of carbonyl (C=O) groups is 1. The third-order valence-corrected chi connectivity index (χ3v) is 5.74. The molecule has 3 nitrogen and oxygen atoms in total. The summed E-state index contributed by atoms with van der Waals surface area (Å²) in [6, 6.07) is 14.4. The highest BCUT2D eigenvalue weighted by Gasteiger charge is 2.21. The summed E-state index contributed by atoms with van der Waals surface area (Å²) in [6.45, 7) is 5.96. The van der Waals surface area contributed by atoms with Crippen LogP contribution in [0.1, 0.15) is 34.0 Å². The number of hydrogen-bond acceptors (Lipinski definition) is 3. The Bertz CT molecular complexity index is 932. The lowest BCUT2D eigenvalue weighted by Gasteiger charge is -2.25. The fourth-order valence-corrected chi connectivity index (χ4v) is 3.92. The molecule has 0 bridgehead atoms. The van der Waals surface area contributed by atoms with Crippen LogP contribution in [-0.2, 0) is 11.2 Å². The minimum atomic E-state index is -0.275. The Labute approximate surface area is 163 Å². The molecule has 2 aromatic carbocycles. The largest absolute Gasteiger partial charge is 0.339 e. The number of amides is 1. The van der Waals surface area contributed by atoms with E-state index < -0.39 is 0 Å². The summed E-state index contributed by atoms with van der Waals surface area (Å²) in [5, 5.41) is 0.947. The summed E-state index contributed by atoms with van der Waals surface area (Å²) >= 11 is 1.56. The summed E-state index contributed by atoms with van der Waals surface area (Å²) < 4.78 is 13.1. The van der Waals surface area contributed by atoms with Gasteiger partial charge in [-0.1, -0.05) is 42.0 Å². The van der Waals surface area contributed by atoms with Crippen molar-refractivity contribution in [3.05, 3.63) is 75.4 Å². The highest BCUT2D eigenvalue weighted by molar-refractivity contribution is 7.12. The van der Waals surface area contributed by atoms with Crippen LogP contribution in [-0.4, -0.2) is 22.8 Å². The maximum atomic E-state index is 13.1. The maximum absolute atomic E-state index is 13.1. The number of carbonyl (C=O) groups excluding carboxylic acids is 1. The number of thiazole rings is 1. The first-order valence-electron chi connectivity index (χ1n) is 8.89. The van der Waals surface area contributed by atoms with E-state index in [1.54, 1.807) is 35.4 Å². The van der Waals surface area contributed by atoms with Crippen molar-refractivity contribution in [2.45, 2.75) is 33.2 Å². The molecule has 5 heteroatoms. The van der Waals surface area contributed by atoms with Crippen LogP contribution in [0.5, 0.6) is 0 Å². The van der Waals surface area contributed by atoms with E-state index >= 15 is 0 Å². The molecule has 1 unspecified atom stereocenters. The van der Waals surface area contributed by atoms with Crippen LogP contribution in [0.2, 0.25) is 0 Å². The molecule has 0 aliphatic rings. The molecule has 0 spiro atoms. The van der Waals surface area contributed by atoms with Crippen LogP contribution < -0.4 is 0 Å². The second-order valence-corrected chi connectivity index (χ2v) is 8.07. The normalized spacial score (nSPS) is 12.0. The van der Waals surface area contributed by atoms with Crippen molar-refractivity contribution in [1.82, 2.24) is 9.88 Å². The van der Waals surface area contributed by atoms with E-state index in [-0.39, 0.29) is 17.8 Å². The highest BCUT2D eigenvalue weighted by Crippen LogP contribution is 2.30. The average molecular weight is 383 g/mol. The van der Waals surface area contributed by atoms with Gasteiger partial charge < -0.3 is 4.90 Å². The van der Waals surface area contributed by atoms with E-state index in [1.165, 1.54) is 17.7 Å². The molecule has 1 aromatic heterocycles. The Hall–Kier alpha value is -2.53. The summed E-state index contributed by atoms with van der Waals surface area (Å²) in [5.41, 5.74) is 4.01.